The van der Waals surface area contributed by atoms with Gasteiger partial charge >= 0.3 is 0 Å². The van der Waals surface area contributed by atoms with E-state index in [9.17, 15) is 9.50 Å². The van der Waals surface area contributed by atoms with Gasteiger partial charge in [0.15, 0.2) is 0 Å². The molecule has 5 nitrogen and oxygen atoms in total. The number of phenols is 1. The third kappa shape index (κ3) is 2.93. The number of rotatable bonds is 1. The number of nitrogens with one attached hydrogen (secondary N) is 1. The van der Waals surface area contributed by atoms with E-state index in [0.717, 1.165) is 19.6 Å². The van der Waals surface area contributed by atoms with Crippen molar-refractivity contribution in [3.8, 4) is 22.8 Å². The second-order valence-corrected chi connectivity index (χ2v) is 6.88. The molecule has 1 aromatic carbocycles. The fraction of sp³-hybridized carbons (Fsp3) is 0.353. The van der Waals surface area contributed by atoms with Crippen molar-refractivity contribution in [2.24, 2.45) is 0 Å². The maximum Gasteiger partial charge on any atom is 0.147 e. The molecule has 132 valence electrons. The van der Waals surface area contributed by atoms with E-state index in [2.05, 4.69) is 15.2 Å². The summed E-state index contributed by atoms with van der Waals surface area (Å²) in [6.45, 7) is 3.60. The number of hydrogen-bond acceptors (Lipinski definition) is 5. The largest absolute Gasteiger partial charge is 0.507 e. The number of benzene rings is 1. The Morgan fingerprint density at radius 3 is 3.00 bits per heavy atom. The molecular formula is C17H16Cl2FN3O2. The molecule has 2 N–H and O–H groups in total. The van der Waals surface area contributed by atoms with Crippen LogP contribution in [0.15, 0.2) is 18.2 Å². The van der Waals surface area contributed by atoms with Gasteiger partial charge in [0.1, 0.15) is 39.8 Å². The number of piperazine rings is 1. The molecule has 1 unspecified atom stereocenters. The summed E-state index contributed by atoms with van der Waals surface area (Å²) in [6.07, 6.45) is 0. The van der Waals surface area contributed by atoms with E-state index in [4.69, 9.17) is 27.9 Å². The van der Waals surface area contributed by atoms with Crippen molar-refractivity contribution < 1.29 is 14.2 Å². The first-order chi connectivity index (χ1) is 12.1. The van der Waals surface area contributed by atoms with Crippen LogP contribution in [0, 0.1) is 5.82 Å². The molecule has 2 aliphatic rings. The summed E-state index contributed by atoms with van der Waals surface area (Å²) in [5, 5.41) is 13.7. The lowest BCUT2D eigenvalue weighted by Crippen LogP contribution is -2.52. The van der Waals surface area contributed by atoms with Crippen LogP contribution in [0.3, 0.4) is 0 Å². The number of aromatic hydroxyl groups is 1. The molecule has 1 fully saturated rings. The van der Waals surface area contributed by atoms with Crippen LogP contribution in [0.5, 0.6) is 11.5 Å². The first-order valence-electron chi connectivity index (χ1n) is 7.99. The third-order valence-electron chi connectivity index (χ3n) is 4.62. The number of phenolic OH excluding ortho intramolecular Hbond substituents is 1. The lowest BCUT2D eigenvalue weighted by molar-refractivity contribution is 0.120. The predicted molar refractivity (Wildman–Crippen MR) is 93.9 cm³/mol. The van der Waals surface area contributed by atoms with Crippen LogP contribution in [0.2, 0.25) is 10.2 Å². The SMILES string of the molecule is Oc1cccc(F)c1-c1nc(Cl)c2c(c1Cl)OCC1CNCCN1C2. The number of fused-ring (bicyclic) bond motifs is 2. The molecule has 4 rings (SSSR count). The van der Waals surface area contributed by atoms with Crippen LogP contribution in [0.25, 0.3) is 11.3 Å². The van der Waals surface area contributed by atoms with Crippen molar-refractivity contribution in [2.45, 2.75) is 12.6 Å². The van der Waals surface area contributed by atoms with Crippen LogP contribution in [0.1, 0.15) is 5.56 Å². The predicted octanol–water partition coefficient (Wildman–Crippen LogP) is 3.07. The molecule has 0 saturated carbocycles. The average Bonchev–Trinajstić information content (AvgIpc) is 2.79. The summed E-state index contributed by atoms with van der Waals surface area (Å²) in [6, 6.07) is 4.23. The molecule has 1 saturated heterocycles. The lowest BCUT2D eigenvalue weighted by Gasteiger charge is -2.33. The van der Waals surface area contributed by atoms with Crippen LogP contribution in [0.4, 0.5) is 4.39 Å². The fourth-order valence-corrected chi connectivity index (χ4v) is 3.84. The van der Waals surface area contributed by atoms with Crippen LogP contribution < -0.4 is 10.1 Å². The molecule has 8 heteroatoms. The Kier molecular flexibility index (Phi) is 4.45. The Labute approximate surface area is 154 Å². The topological polar surface area (TPSA) is 57.6 Å². The zero-order valence-corrected chi connectivity index (χ0v) is 14.7. The second-order valence-electron chi connectivity index (χ2n) is 6.15. The molecule has 0 aliphatic carbocycles. The molecule has 2 aromatic rings. The summed E-state index contributed by atoms with van der Waals surface area (Å²) < 4.78 is 20.2. The van der Waals surface area contributed by atoms with Gasteiger partial charge in [-0.15, -0.1) is 0 Å². The Hall–Kier alpha value is -1.60. The van der Waals surface area contributed by atoms with E-state index in [1.807, 2.05) is 0 Å². The number of nitrogens with zero attached hydrogens (tertiary/aromatic N) is 2. The summed E-state index contributed by atoms with van der Waals surface area (Å²) in [5.74, 6) is -0.463. The van der Waals surface area contributed by atoms with Gasteiger partial charge in [0.25, 0.3) is 0 Å². The monoisotopic (exact) mass is 383 g/mol. The van der Waals surface area contributed by atoms with Crippen LogP contribution in [-0.2, 0) is 6.54 Å². The number of halogens is 3. The number of hydrogen-bond donors (Lipinski definition) is 2. The summed E-state index contributed by atoms with van der Waals surface area (Å²) in [5.41, 5.74) is 0.694. The molecule has 0 amide bonds. The molecule has 25 heavy (non-hydrogen) atoms. The fourth-order valence-electron chi connectivity index (χ4n) is 3.31. The first kappa shape index (κ1) is 16.8. The maximum absolute atomic E-state index is 14.2. The van der Waals surface area contributed by atoms with Crippen molar-refractivity contribution in [1.29, 1.82) is 0 Å². The summed E-state index contributed by atoms with van der Waals surface area (Å²) in [4.78, 5) is 6.54. The smallest absolute Gasteiger partial charge is 0.147 e. The van der Waals surface area contributed by atoms with Gasteiger partial charge in [0.05, 0.1) is 11.6 Å². The minimum Gasteiger partial charge on any atom is -0.507 e. The van der Waals surface area contributed by atoms with E-state index < -0.39 is 5.82 Å². The molecular weight excluding hydrogens is 368 g/mol. The zero-order chi connectivity index (χ0) is 17.6. The van der Waals surface area contributed by atoms with Crippen LogP contribution in [-0.4, -0.2) is 47.3 Å². The van der Waals surface area contributed by atoms with Gasteiger partial charge in [-0.1, -0.05) is 29.3 Å². The highest BCUT2D eigenvalue weighted by Crippen LogP contribution is 2.44. The Morgan fingerprint density at radius 2 is 2.20 bits per heavy atom. The third-order valence-corrected chi connectivity index (χ3v) is 5.29. The van der Waals surface area contributed by atoms with Gasteiger partial charge in [0, 0.05) is 31.7 Å². The standard InChI is InChI=1S/C17H16Cl2FN3O2/c18-14-15(13-11(20)2-1-3-12(13)24)22-17(19)10-7-23-5-4-21-6-9(23)8-25-16(10)14/h1-3,9,21,24H,4-8H2. The maximum atomic E-state index is 14.2. The highest BCUT2D eigenvalue weighted by molar-refractivity contribution is 6.36. The van der Waals surface area contributed by atoms with Crippen LogP contribution >= 0.6 is 23.2 Å². The molecule has 1 aromatic heterocycles. The van der Waals surface area contributed by atoms with E-state index >= 15 is 0 Å². The van der Waals surface area contributed by atoms with Gasteiger partial charge in [-0.25, -0.2) is 9.37 Å². The van der Waals surface area contributed by atoms with E-state index in [-0.39, 0.29) is 33.2 Å². The van der Waals surface area contributed by atoms with Crippen molar-refractivity contribution in [3.05, 3.63) is 39.8 Å². The molecule has 0 radical (unpaired) electrons. The summed E-state index contributed by atoms with van der Waals surface area (Å²) >= 11 is 12.9. The highest BCUT2D eigenvalue weighted by Gasteiger charge is 2.31. The minimum absolute atomic E-state index is 0.0792. The Morgan fingerprint density at radius 1 is 1.36 bits per heavy atom. The molecule has 1 atom stereocenters. The van der Waals surface area contributed by atoms with Gasteiger partial charge in [0.2, 0.25) is 0 Å². The first-order valence-corrected chi connectivity index (χ1v) is 8.75. The zero-order valence-electron chi connectivity index (χ0n) is 13.2. The number of aromatic nitrogens is 1. The molecule has 2 aliphatic heterocycles. The summed E-state index contributed by atoms with van der Waals surface area (Å²) in [7, 11) is 0. The van der Waals surface area contributed by atoms with Crippen molar-refractivity contribution in [2.75, 3.05) is 26.2 Å². The van der Waals surface area contributed by atoms with E-state index in [1.54, 1.807) is 0 Å². The second kappa shape index (κ2) is 6.61. The normalized spacial score (nSPS) is 20.4. The van der Waals surface area contributed by atoms with Crippen molar-refractivity contribution in [3.63, 3.8) is 0 Å². The molecule has 0 bridgehead atoms. The van der Waals surface area contributed by atoms with Gasteiger partial charge < -0.3 is 15.2 Å². The van der Waals surface area contributed by atoms with Crippen molar-refractivity contribution in [1.82, 2.24) is 15.2 Å². The Bertz CT molecular complexity index is 814. The quantitative estimate of drug-likeness (QED) is 0.741. The lowest BCUT2D eigenvalue weighted by atomic mass is 10.1. The van der Waals surface area contributed by atoms with Gasteiger partial charge in [-0.3, -0.25) is 4.90 Å². The van der Waals surface area contributed by atoms with E-state index in [0.29, 0.717) is 24.5 Å². The average molecular weight is 384 g/mol. The molecule has 3 heterocycles. The number of pyridine rings is 1. The Balaban J connectivity index is 1.84. The molecule has 0 spiro atoms. The van der Waals surface area contributed by atoms with E-state index in [1.165, 1.54) is 18.2 Å². The minimum atomic E-state index is -0.624. The number of ether oxygens (including phenoxy) is 1. The van der Waals surface area contributed by atoms with Gasteiger partial charge in [-0.2, -0.15) is 0 Å². The highest BCUT2D eigenvalue weighted by atomic mass is 35.5. The van der Waals surface area contributed by atoms with Crippen molar-refractivity contribution >= 4 is 23.2 Å². The van der Waals surface area contributed by atoms with Gasteiger partial charge in [-0.05, 0) is 12.1 Å².